The lowest BCUT2D eigenvalue weighted by Gasteiger charge is -2.07. The number of nitrogens with zero attached hydrogens (tertiary/aromatic N) is 2. The molecule has 20 heavy (non-hydrogen) atoms. The largest absolute Gasteiger partial charge is 0.481 e. The average Bonchev–Trinajstić information content (AvgIpc) is 2.83. The van der Waals surface area contributed by atoms with Gasteiger partial charge in [-0.1, -0.05) is 44.7 Å². The average molecular weight is 278 g/mol. The minimum absolute atomic E-state index is 0.132. The molecule has 1 heterocycles. The van der Waals surface area contributed by atoms with Gasteiger partial charge in [0.15, 0.2) is 5.82 Å². The Hall–Kier alpha value is -1.39. The van der Waals surface area contributed by atoms with E-state index in [1.807, 2.05) is 13.8 Å². The Kier molecular flexibility index (Phi) is 3.30. The molecule has 0 amide bonds. The molecule has 2 atom stereocenters. The highest BCUT2D eigenvalue weighted by atomic mass is 16.5. The van der Waals surface area contributed by atoms with Gasteiger partial charge in [-0.15, -0.1) is 0 Å². The van der Waals surface area contributed by atoms with E-state index in [-0.39, 0.29) is 11.3 Å². The molecule has 2 fully saturated rings. The number of hydrogen-bond donors (Lipinski definition) is 1. The molecule has 0 aromatic carbocycles. The number of aromatic nitrogens is 2. The van der Waals surface area contributed by atoms with E-state index in [9.17, 15) is 9.90 Å². The highest BCUT2D eigenvalue weighted by molar-refractivity contribution is 5.77. The van der Waals surface area contributed by atoms with Crippen molar-refractivity contribution in [1.82, 2.24) is 10.1 Å². The Bertz CT molecular complexity index is 501. The molecule has 0 saturated heterocycles. The predicted molar refractivity (Wildman–Crippen MR) is 72.4 cm³/mol. The molecule has 1 N–H and O–H groups in total. The van der Waals surface area contributed by atoms with Crippen LogP contribution >= 0.6 is 0 Å². The standard InChI is InChI=1S/C15H22N2O3/c1-15(2)10(11(15)14(18)19)13-16-12(17-20-13)9-7-5-3-4-6-8-9/h9-11H,3-8H2,1-2H3,(H,18,19). The fraction of sp³-hybridized carbons (Fsp3) is 0.800. The summed E-state index contributed by atoms with van der Waals surface area (Å²) in [5.74, 6) is 0.390. The second kappa shape index (κ2) is 4.86. The van der Waals surface area contributed by atoms with Crippen molar-refractivity contribution in [3.05, 3.63) is 11.7 Å². The first kappa shape index (κ1) is 13.6. The summed E-state index contributed by atoms with van der Waals surface area (Å²) in [7, 11) is 0. The minimum atomic E-state index is -0.769. The zero-order valence-corrected chi connectivity index (χ0v) is 12.1. The van der Waals surface area contributed by atoms with Gasteiger partial charge < -0.3 is 9.63 Å². The molecule has 1 aromatic rings. The number of aliphatic carboxylic acids is 1. The lowest BCUT2D eigenvalue weighted by molar-refractivity contribution is -0.139. The lowest BCUT2D eigenvalue weighted by Crippen LogP contribution is -2.03. The molecule has 2 aliphatic rings. The fourth-order valence-electron chi connectivity index (χ4n) is 3.64. The number of carbonyl (C=O) groups is 1. The third-order valence-electron chi connectivity index (χ3n) is 5.04. The van der Waals surface area contributed by atoms with E-state index in [1.54, 1.807) is 0 Å². The summed E-state index contributed by atoms with van der Waals surface area (Å²) < 4.78 is 5.37. The molecule has 110 valence electrons. The minimum Gasteiger partial charge on any atom is -0.481 e. The Balaban J connectivity index is 1.76. The van der Waals surface area contributed by atoms with Crippen LogP contribution in [0.5, 0.6) is 0 Å². The molecule has 0 aliphatic heterocycles. The first-order valence-corrected chi connectivity index (χ1v) is 7.58. The van der Waals surface area contributed by atoms with Crippen molar-refractivity contribution >= 4 is 5.97 Å². The maximum atomic E-state index is 11.2. The summed E-state index contributed by atoms with van der Waals surface area (Å²) in [4.78, 5) is 15.7. The van der Waals surface area contributed by atoms with E-state index in [0.717, 1.165) is 18.7 Å². The smallest absolute Gasteiger partial charge is 0.307 e. The van der Waals surface area contributed by atoms with Gasteiger partial charge in [-0.3, -0.25) is 4.79 Å². The van der Waals surface area contributed by atoms with Crippen molar-refractivity contribution in [2.45, 2.75) is 64.2 Å². The molecular weight excluding hydrogens is 256 g/mol. The van der Waals surface area contributed by atoms with Crippen LogP contribution in [0.2, 0.25) is 0 Å². The molecule has 2 saturated carbocycles. The molecule has 1 aromatic heterocycles. The molecule has 0 bridgehead atoms. The van der Waals surface area contributed by atoms with E-state index in [2.05, 4.69) is 10.1 Å². The van der Waals surface area contributed by atoms with Gasteiger partial charge in [0.05, 0.1) is 11.8 Å². The van der Waals surface area contributed by atoms with Gasteiger partial charge in [-0.25, -0.2) is 0 Å². The van der Waals surface area contributed by atoms with E-state index in [4.69, 9.17) is 4.52 Å². The van der Waals surface area contributed by atoms with Gasteiger partial charge in [0.1, 0.15) is 0 Å². The van der Waals surface area contributed by atoms with E-state index in [1.165, 1.54) is 25.7 Å². The van der Waals surface area contributed by atoms with Gasteiger partial charge in [0, 0.05) is 5.92 Å². The Morgan fingerprint density at radius 3 is 2.45 bits per heavy atom. The first-order chi connectivity index (χ1) is 9.51. The van der Waals surface area contributed by atoms with Gasteiger partial charge in [0.25, 0.3) is 0 Å². The number of carboxylic acid groups (broad SMARTS) is 1. The zero-order valence-electron chi connectivity index (χ0n) is 12.1. The van der Waals surface area contributed by atoms with Crippen LogP contribution in [0.15, 0.2) is 4.52 Å². The van der Waals surface area contributed by atoms with Crippen LogP contribution in [0.1, 0.15) is 75.9 Å². The molecule has 0 radical (unpaired) electrons. The quantitative estimate of drug-likeness (QED) is 0.858. The van der Waals surface area contributed by atoms with Crippen molar-refractivity contribution in [2.24, 2.45) is 11.3 Å². The first-order valence-electron chi connectivity index (χ1n) is 7.58. The molecule has 5 nitrogen and oxygen atoms in total. The normalized spacial score (nSPS) is 29.9. The SMILES string of the molecule is CC1(C)C(C(=O)O)C1c1nc(C2CCCCCC2)no1. The second-order valence-electron chi connectivity index (χ2n) is 6.79. The zero-order chi connectivity index (χ0) is 14.3. The fourth-order valence-corrected chi connectivity index (χ4v) is 3.64. The van der Waals surface area contributed by atoms with E-state index < -0.39 is 11.9 Å². The Morgan fingerprint density at radius 1 is 1.25 bits per heavy atom. The third kappa shape index (κ3) is 2.23. The molecule has 3 rings (SSSR count). The summed E-state index contributed by atoms with van der Waals surface area (Å²) in [6, 6.07) is 0. The summed E-state index contributed by atoms with van der Waals surface area (Å²) in [6.07, 6.45) is 7.27. The Labute approximate surface area is 118 Å². The maximum absolute atomic E-state index is 11.2. The molecule has 2 aliphatic carbocycles. The van der Waals surface area contributed by atoms with Gasteiger partial charge >= 0.3 is 5.97 Å². The van der Waals surface area contributed by atoms with Crippen LogP contribution in [0, 0.1) is 11.3 Å². The van der Waals surface area contributed by atoms with Gasteiger partial charge in [-0.2, -0.15) is 4.98 Å². The van der Waals surface area contributed by atoms with Gasteiger partial charge in [-0.05, 0) is 18.3 Å². The van der Waals surface area contributed by atoms with Crippen LogP contribution in [0.4, 0.5) is 0 Å². The maximum Gasteiger partial charge on any atom is 0.307 e. The van der Waals surface area contributed by atoms with Crippen LogP contribution in [-0.2, 0) is 4.79 Å². The monoisotopic (exact) mass is 278 g/mol. The topological polar surface area (TPSA) is 76.2 Å². The molecular formula is C15H22N2O3. The van der Waals surface area contributed by atoms with E-state index in [0.29, 0.717) is 11.8 Å². The van der Waals surface area contributed by atoms with Crippen molar-refractivity contribution in [3.63, 3.8) is 0 Å². The van der Waals surface area contributed by atoms with Crippen LogP contribution in [0.3, 0.4) is 0 Å². The number of hydrogen-bond acceptors (Lipinski definition) is 4. The lowest BCUT2D eigenvalue weighted by atomic mass is 10.00. The summed E-state index contributed by atoms with van der Waals surface area (Å²) >= 11 is 0. The Morgan fingerprint density at radius 2 is 1.90 bits per heavy atom. The summed E-state index contributed by atoms with van der Waals surface area (Å²) in [5.41, 5.74) is -0.279. The molecule has 2 unspecified atom stereocenters. The number of carboxylic acids is 1. The molecule has 5 heteroatoms. The van der Waals surface area contributed by atoms with Crippen LogP contribution in [0.25, 0.3) is 0 Å². The number of rotatable bonds is 3. The summed E-state index contributed by atoms with van der Waals surface area (Å²) in [5, 5.41) is 13.3. The highest BCUT2D eigenvalue weighted by Gasteiger charge is 2.65. The van der Waals surface area contributed by atoms with Crippen LogP contribution in [-0.4, -0.2) is 21.2 Å². The van der Waals surface area contributed by atoms with Crippen molar-refractivity contribution in [3.8, 4) is 0 Å². The second-order valence-corrected chi connectivity index (χ2v) is 6.79. The van der Waals surface area contributed by atoms with Crippen molar-refractivity contribution in [2.75, 3.05) is 0 Å². The predicted octanol–water partition coefficient (Wildman–Crippen LogP) is 3.33. The van der Waals surface area contributed by atoms with Crippen LogP contribution < -0.4 is 0 Å². The van der Waals surface area contributed by atoms with Gasteiger partial charge in [0.2, 0.25) is 5.89 Å². The molecule has 0 spiro atoms. The van der Waals surface area contributed by atoms with Crippen molar-refractivity contribution < 1.29 is 14.4 Å². The third-order valence-corrected chi connectivity index (χ3v) is 5.04. The highest BCUT2D eigenvalue weighted by Crippen LogP contribution is 2.64. The van der Waals surface area contributed by atoms with Crippen molar-refractivity contribution in [1.29, 1.82) is 0 Å². The summed E-state index contributed by atoms with van der Waals surface area (Å²) in [6.45, 7) is 3.90. The van der Waals surface area contributed by atoms with E-state index >= 15 is 0 Å².